The molecule has 0 bridgehead atoms. The molecule has 0 N–H and O–H groups in total. The molecule has 0 saturated carbocycles. The highest BCUT2D eigenvalue weighted by atomic mass is 35.5. The molecule has 0 fully saturated rings. The van der Waals surface area contributed by atoms with Crippen LogP contribution in [0, 0.1) is 0 Å². The van der Waals surface area contributed by atoms with E-state index in [2.05, 4.69) is 28.9 Å². The van der Waals surface area contributed by atoms with Gasteiger partial charge in [-0.25, -0.2) is 4.57 Å². The van der Waals surface area contributed by atoms with Crippen LogP contribution in [0.4, 0.5) is 0 Å². The van der Waals surface area contributed by atoms with E-state index in [1.165, 1.54) is 0 Å². The first-order chi connectivity index (χ1) is 7.80. The molecular formula is C10H13Cl2O4P. The van der Waals surface area contributed by atoms with Crippen LogP contribution in [-0.4, -0.2) is 0 Å². The van der Waals surface area contributed by atoms with E-state index in [0.717, 1.165) is 5.56 Å². The smallest absolute Gasteiger partial charge is 0.402 e. The summed E-state index contributed by atoms with van der Waals surface area (Å²) in [6.07, 6.45) is 0. The van der Waals surface area contributed by atoms with Crippen molar-refractivity contribution in [1.29, 1.82) is 0 Å². The summed E-state index contributed by atoms with van der Waals surface area (Å²) in [5.41, 5.74) is 1.13. The second-order valence-corrected chi connectivity index (χ2v) is 6.63. The van der Waals surface area contributed by atoms with Crippen LogP contribution in [0.5, 0.6) is 5.75 Å². The minimum absolute atomic E-state index is 0.0220. The molecule has 0 unspecified atom stereocenters. The molecule has 0 heterocycles. The fourth-order valence-electron chi connectivity index (χ4n) is 1.18. The van der Waals surface area contributed by atoms with Gasteiger partial charge >= 0.3 is 7.82 Å². The van der Waals surface area contributed by atoms with Crippen LogP contribution in [0.1, 0.15) is 26.3 Å². The Labute approximate surface area is 111 Å². The molecule has 0 radical (unpaired) electrons. The van der Waals surface area contributed by atoms with Crippen molar-refractivity contribution >= 4 is 31.6 Å². The highest BCUT2D eigenvalue weighted by molar-refractivity contribution is 7.50. The number of benzene rings is 1. The van der Waals surface area contributed by atoms with Crippen molar-refractivity contribution in [3.05, 3.63) is 29.8 Å². The van der Waals surface area contributed by atoms with E-state index in [-0.39, 0.29) is 5.41 Å². The first-order valence-corrected chi connectivity index (χ1v) is 6.89. The minimum Gasteiger partial charge on any atom is -0.402 e. The average molecular weight is 299 g/mol. The van der Waals surface area contributed by atoms with E-state index in [1.807, 2.05) is 12.1 Å². The van der Waals surface area contributed by atoms with Gasteiger partial charge in [-0.15, -0.1) is 0 Å². The lowest BCUT2D eigenvalue weighted by molar-refractivity contribution is 0.318. The normalized spacial score (nSPS) is 12.5. The number of halogens is 2. The van der Waals surface area contributed by atoms with Gasteiger partial charge in [0.15, 0.2) is 0 Å². The molecule has 7 heteroatoms. The molecule has 96 valence electrons. The highest BCUT2D eigenvalue weighted by Crippen LogP contribution is 2.51. The van der Waals surface area contributed by atoms with Gasteiger partial charge in [0.1, 0.15) is 5.75 Å². The summed E-state index contributed by atoms with van der Waals surface area (Å²) in [6, 6.07) is 6.97. The zero-order valence-electron chi connectivity index (χ0n) is 9.65. The predicted octanol–water partition coefficient (Wildman–Crippen LogP) is 4.81. The van der Waals surface area contributed by atoms with Gasteiger partial charge in [-0.3, -0.25) is 0 Å². The third-order valence-corrected chi connectivity index (χ3v) is 3.89. The minimum atomic E-state index is -3.93. The topological polar surface area (TPSA) is 44.8 Å². The van der Waals surface area contributed by atoms with E-state index in [4.69, 9.17) is 28.3 Å². The molecule has 0 aliphatic rings. The zero-order valence-corrected chi connectivity index (χ0v) is 12.1. The van der Waals surface area contributed by atoms with Crippen LogP contribution in [0.25, 0.3) is 0 Å². The second-order valence-electron chi connectivity index (χ2n) is 4.45. The Bertz CT molecular complexity index is 405. The van der Waals surface area contributed by atoms with Crippen LogP contribution in [0.3, 0.4) is 0 Å². The molecular weight excluding hydrogens is 286 g/mol. The summed E-state index contributed by atoms with van der Waals surface area (Å²) in [5.74, 6) is 0.294. The van der Waals surface area contributed by atoms with Crippen molar-refractivity contribution in [2.75, 3.05) is 0 Å². The molecule has 0 aliphatic heterocycles. The molecule has 4 nitrogen and oxygen atoms in total. The van der Waals surface area contributed by atoms with Crippen molar-refractivity contribution in [1.82, 2.24) is 0 Å². The van der Waals surface area contributed by atoms with Gasteiger partial charge < -0.3 is 4.52 Å². The first-order valence-electron chi connectivity index (χ1n) is 4.81. The van der Waals surface area contributed by atoms with Crippen molar-refractivity contribution < 1.29 is 17.2 Å². The first kappa shape index (κ1) is 14.8. The third-order valence-electron chi connectivity index (χ3n) is 2.11. The fourth-order valence-corrected chi connectivity index (χ4v) is 2.07. The monoisotopic (exact) mass is 298 g/mol. The summed E-state index contributed by atoms with van der Waals surface area (Å²) < 4.78 is 24.5. The van der Waals surface area contributed by atoms with E-state index in [1.54, 1.807) is 12.1 Å². The molecule has 1 aromatic rings. The Balaban J connectivity index is 2.86. The van der Waals surface area contributed by atoms with Crippen molar-refractivity contribution in [3.63, 3.8) is 0 Å². The number of hydrogen-bond donors (Lipinski definition) is 0. The molecule has 0 spiro atoms. The van der Waals surface area contributed by atoms with Gasteiger partial charge in [-0.2, -0.15) is 8.15 Å². The Hall–Kier alpha value is -0.250. The molecule has 0 aromatic heterocycles. The average Bonchev–Trinajstić information content (AvgIpc) is 2.28. The Morgan fingerprint density at radius 1 is 1.06 bits per heavy atom. The molecule has 1 rings (SSSR count). The Morgan fingerprint density at radius 3 is 1.88 bits per heavy atom. The number of rotatable bonds is 4. The van der Waals surface area contributed by atoms with Gasteiger partial charge in [-0.1, -0.05) is 32.9 Å². The summed E-state index contributed by atoms with van der Waals surface area (Å²) in [6.45, 7) is 6.24. The predicted molar refractivity (Wildman–Crippen MR) is 67.3 cm³/mol. The Kier molecular flexibility index (Phi) is 4.87. The van der Waals surface area contributed by atoms with Gasteiger partial charge in [0.25, 0.3) is 0 Å². The summed E-state index contributed by atoms with van der Waals surface area (Å²) >= 11 is 9.93. The number of hydrogen-bond acceptors (Lipinski definition) is 4. The van der Waals surface area contributed by atoms with Crippen LogP contribution >= 0.6 is 31.6 Å². The van der Waals surface area contributed by atoms with E-state index in [9.17, 15) is 4.57 Å². The van der Waals surface area contributed by atoms with Gasteiger partial charge in [0.2, 0.25) is 0 Å². The summed E-state index contributed by atoms with van der Waals surface area (Å²) in [4.78, 5) is 0. The molecule has 0 amide bonds. The molecule has 0 atom stereocenters. The summed E-state index contributed by atoms with van der Waals surface area (Å²) in [7, 11) is -3.93. The highest BCUT2D eigenvalue weighted by Gasteiger charge is 2.28. The number of phosphoric acid groups is 1. The quantitative estimate of drug-likeness (QED) is 0.748. The van der Waals surface area contributed by atoms with Gasteiger partial charge in [0, 0.05) is 0 Å². The SMILES string of the molecule is CC(C)(C)c1ccc(OP(=O)(OCl)OCl)cc1. The van der Waals surface area contributed by atoms with Crippen molar-refractivity contribution in [2.24, 2.45) is 0 Å². The van der Waals surface area contributed by atoms with Gasteiger partial charge in [0.05, 0.1) is 23.7 Å². The lowest BCUT2D eigenvalue weighted by Crippen LogP contribution is -2.10. The largest absolute Gasteiger partial charge is 0.563 e. The van der Waals surface area contributed by atoms with Gasteiger partial charge in [-0.05, 0) is 23.1 Å². The lowest BCUT2D eigenvalue weighted by atomic mass is 9.87. The van der Waals surface area contributed by atoms with E-state index in [0.29, 0.717) is 5.75 Å². The van der Waals surface area contributed by atoms with Crippen LogP contribution in [-0.2, 0) is 18.1 Å². The maximum absolute atomic E-state index is 11.5. The summed E-state index contributed by atoms with van der Waals surface area (Å²) in [5, 5.41) is 0. The molecule has 1 aromatic carbocycles. The fraction of sp³-hybridized carbons (Fsp3) is 0.400. The maximum atomic E-state index is 11.5. The van der Waals surface area contributed by atoms with Crippen LogP contribution in [0.2, 0.25) is 0 Å². The van der Waals surface area contributed by atoms with Crippen LogP contribution < -0.4 is 4.52 Å². The zero-order chi connectivity index (χ0) is 13.1. The lowest BCUT2D eigenvalue weighted by Gasteiger charge is -2.19. The second kappa shape index (κ2) is 5.59. The van der Waals surface area contributed by atoms with Crippen LogP contribution in [0.15, 0.2) is 24.3 Å². The standard InChI is InChI=1S/C10H13Cl2O4P/c1-10(2,3)8-4-6-9(7-5-8)14-17(13,15-11)16-12/h4-7H,1-3H3. The molecule has 17 heavy (non-hydrogen) atoms. The van der Waals surface area contributed by atoms with Crippen molar-refractivity contribution in [3.8, 4) is 5.75 Å². The molecule has 0 aliphatic carbocycles. The third kappa shape index (κ3) is 4.16. The van der Waals surface area contributed by atoms with E-state index < -0.39 is 7.82 Å². The van der Waals surface area contributed by atoms with Crippen molar-refractivity contribution in [2.45, 2.75) is 26.2 Å². The maximum Gasteiger partial charge on any atom is 0.563 e. The van der Waals surface area contributed by atoms with E-state index >= 15 is 0 Å². The Morgan fingerprint density at radius 2 is 1.53 bits per heavy atom. The molecule has 0 saturated heterocycles.